The summed E-state index contributed by atoms with van der Waals surface area (Å²) in [6.45, 7) is 0.887. The van der Waals surface area contributed by atoms with Gasteiger partial charge in [-0.1, -0.05) is 0 Å². The van der Waals surface area contributed by atoms with E-state index in [1.165, 1.54) is 6.42 Å². The Morgan fingerprint density at radius 3 is 2.82 bits per heavy atom. The summed E-state index contributed by atoms with van der Waals surface area (Å²) in [5.74, 6) is 0.501. The maximum atomic E-state index is 10.5. The number of piperidine rings is 1. The van der Waals surface area contributed by atoms with Crippen molar-refractivity contribution in [2.45, 2.75) is 18.9 Å². The highest BCUT2D eigenvalue weighted by atomic mass is 35.5. The monoisotopic (exact) mass is 177 g/mol. The van der Waals surface area contributed by atoms with Gasteiger partial charge in [0.1, 0.15) is 6.04 Å². The molecule has 1 unspecified atom stereocenters. The molecule has 2 aliphatic rings. The predicted molar refractivity (Wildman–Crippen MR) is 42.9 cm³/mol. The molecular weight excluding hydrogens is 166 g/mol. The molecular formula is C7H12ClNO2. The minimum absolute atomic E-state index is 0. The van der Waals surface area contributed by atoms with Crippen LogP contribution in [0.2, 0.25) is 0 Å². The van der Waals surface area contributed by atoms with Crippen molar-refractivity contribution in [1.82, 2.24) is 5.32 Å². The Bertz CT molecular complexity index is 174. The third-order valence-corrected chi connectivity index (χ3v) is 2.55. The van der Waals surface area contributed by atoms with Crippen LogP contribution in [-0.4, -0.2) is 23.7 Å². The Balaban J connectivity index is 0.000000605. The number of carboxylic acid groups (broad SMARTS) is 1. The second-order valence-corrected chi connectivity index (χ2v) is 3.22. The third-order valence-electron chi connectivity index (χ3n) is 2.55. The van der Waals surface area contributed by atoms with Crippen molar-refractivity contribution in [2.24, 2.45) is 11.8 Å². The highest BCUT2D eigenvalue weighted by Gasteiger charge is 2.48. The fraction of sp³-hybridized carbons (Fsp3) is 0.857. The minimum Gasteiger partial charge on any atom is -0.480 e. The number of halogens is 1. The van der Waals surface area contributed by atoms with Crippen LogP contribution in [-0.2, 0) is 4.79 Å². The van der Waals surface area contributed by atoms with E-state index in [-0.39, 0.29) is 18.4 Å². The number of carbonyl (C=O) groups is 1. The van der Waals surface area contributed by atoms with Gasteiger partial charge in [0.2, 0.25) is 0 Å². The Morgan fingerprint density at radius 1 is 1.55 bits per heavy atom. The van der Waals surface area contributed by atoms with Gasteiger partial charge in [-0.3, -0.25) is 4.79 Å². The van der Waals surface area contributed by atoms with Crippen LogP contribution in [0.15, 0.2) is 0 Å². The zero-order chi connectivity index (χ0) is 7.14. The normalized spacial score (nSPS) is 40.2. The van der Waals surface area contributed by atoms with E-state index in [2.05, 4.69) is 5.32 Å². The molecule has 1 aliphatic carbocycles. The molecule has 4 heteroatoms. The lowest BCUT2D eigenvalue weighted by Gasteiger charge is -2.18. The molecule has 0 aromatic heterocycles. The molecule has 11 heavy (non-hydrogen) atoms. The lowest BCUT2D eigenvalue weighted by Crippen LogP contribution is -2.42. The minimum atomic E-state index is -0.674. The number of nitrogens with one attached hydrogen (secondary N) is 1. The lowest BCUT2D eigenvalue weighted by atomic mass is 10.1. The molecule has 64 valence electrons. The summed E-state index contributed by atoms with van der Waals surface area (Å²) in [7, 11) is 0. The highest BCUT2D eigenvalue weighted by molar-refractivity contribution is 5.85. The van der Waals surface area contributed by atoms with E-state index in [1.54, 1.807) is 0 Å². The van der Waals surface area contributed by atoms with Crippen molar-refractivity contribution in [2.75, 3.05) is 6.54 Å². The summed E-state index contributed by atoms with van der Waals surface area (Å²) >= 11 is 0. The third kappa shape index (κ3) is 1.49. The quantitative estimate of drug-likeness (QED) is 0.613. The number of rotatable bonds is 1. The molecule has 2 rings (SSSR count). The first-order valence-corrected chi connectivity index (χ1v) is 3.75. The average molecular weight is 178 g/mol. The smallest absolute Gasteiger partial charge is 0.320 e. The summed E-state index contributed by atoms with van der Waals surface area (Å²) in [6, 6.07) is -0.237. The van der Waals surface area contributed by atoms with Crippen LogP contribution >= 0.6 is 12.4 Å². The van der Waals surface area contributed by atoms with Crippen molar-refractivity contribution < 1.29 is 9.90 Å². The zero-order valence-electron chi connectivity index (χ0n) is 6.12. The van der Waals surface area contributed by atoms with Gasteiger partial charge >= 0.3 is 5.97 Å². The summed E-state index contributed by atoms with van der Waals surface area (Å²) in [4.78, 5) is 10.5. The van der Waals surface area contributed by atoms with Crippen LogP contribution in [0.25, 0.3) is 0 Å². The van der Waals surface area contributed by atoms with E-state index in [0.29, 0.717) is 5.92 Å². The molecule has 0 spiro atoms. The van der Waals surface area contributed by atoms with E-state index in [9.17, 15) is 4.79 Å². The number of carboxylic acids is 1. The fourth-order valence-electron chi connectivity index (χ4n) is 1.86. The molecule has 1 saturated heterocycles. The van der Waals surface area contributed by atoms with Gasteiger partial charge in [-0.15, -0.1) is 12.4 Å². The molecule has 1 saturated carbocycles. The van der Waals surface area contributed by atoms with Crippen LogP contribution in [0.5, 0.6) is 0 Å². The summed E-state index contributed by atoms with van der Waals surface area (Å²) in [5, 5.41) is 11.7. The topological polar surface area (TPSA) is 49.3 Å². The van der Waals surface area contributed by atoms with Crippen molar-refractivity contribution in [3.05, 3.63) is 0 Å². The Labute approximate surface area is 71.6 Å². The van der Waals surface area contributed by atoms with E-state index in [4.69, 9.17) is 5.11 Å². The summed E-state index contributed by atoms with van der Waals surface area (Å²) in [6.07, 6.45) is 2.30. The van der Waals surface area contributed by atoms with E-state index in [1.807, 2.05) is 0 Å². The van der Waals surface area contributed by atoms with Gasteiger partial charge in [-0.25, -0.2) is 0 Å². The van der Waals surface area contributed by atoms with Gasteiger partial charge in [0.05, 0.1) is 0 Å². The largest absolute Gasteiger partial charge is 0.480 e. The zero-order valence-corrected chi connectivity index (χ0v) is 6.93. The van der Waals surface area contributed by atoms with E-state index < -0.39 is 5.97 Å². The lowest BCUT2D eigenvalue weighted by molar-refractivity contribution is -0.140. The van der Waals surface area contributed by atoms with Crippen molar-refractivity contribution in [1.29, 1.82) is 0 Å². The van der Waals surface area contributed by atoms with Crippen LogP contribution in [0, 0.1) is 11.8 Å². The molecule has 3 atom stereocenters. The molecule has 2 N–H and O–H groups in total. The molecule has 1 heterocycles. The van der Waals surface area contributed by atoms with Gasteiger partial charge in [0.15, 0.2) is 0 Å². The molecule has 3 nitrogen and oxygen atoms in total. The number of hydrogen-bond acceptors (Lipinski definition) is 2. The summed E-state index contributed by atoms with van der Waals surface area (Å²) in [5.41, 5.74) is 0. The Morgan fingerprint density at radius 2 is 2.27 bits per heavy atom. The first kappa shape index (κ1) is 8.81. The number of aliphatic carboxylic acids is 1. The molecule has 0 aromatic carbocycles. The van der Waals surface area contributed by atoms with Crippen LogP contribution in [0.3, 0.4) is 0 Å². The van der Waals surface area contributed by atoms with Crippen molar-refractivity contribution >= 4 is 18.4 Å². The van der Waals surface area contributed by atoms with Gasteiger partial charge in [0, 0.05) is 0 Å². The highest BCUT2D eigenvalue weighted by Crippen LogP contribution is 2.45. The van der Waals surface area contributed by atoms with Gasteiger partial charge in [-0.2, -0.15) is 0 Å². The molecule has 0 bridgehead atoms. The maximum absolute atomic E-state index is 10.5. The van der Waals surface area contributed by atoms with Gasteiger partial charge in [-0.05, 0) is 31.2 Å². The van der Waals surface area contributed by atoms with Crippen molar-refractivity contribution in [3.63, 3.8) is 0 Å². The Kier molecular flexibility index (Phi) is 2.40. The second-order valence-electron chi connectivity index (χ2n) is 3.22. The molecule has 0 amide bonds. The van der Waals surface area contributed by atoms with Crippen LogP contribution in [0.1, 0.15) is 12.8 Å². The first-order valence-electron chi connectivity index (χ1n) is 3.75. The number of hydrogen-bond donors (Lipinski definition) is 2. The van der Waals surface area contributed by atoms with Gasteiger partial charge in [0.25, 0.3) is 0 Å². The Hall–Kier alpha value is -0.280. The fourth-order valence-corrected chi connectivity index (χ4v) is 1.86. The standard InChI is InChI=1S/C7H11NO2.ClH/c9-7(10)6-5-3-4(5)1-2-8-6;/h4-6,8H,1-3H2,(H,9,10);1H/t4-,5+,6?;/m0./s1. The number of fused-ring (bicyclic) bond motifs is 1. The van der Waals surface area contributed by atoms with E-state index in [0.717, 1.165) is 18.9 Å². The molecule has 0 radical (unpaired) electrons. The molecule has 1 aliphatic heterocycles. The second kappa shape index (κ2) is 2.99. The van der Waals surface area contributed by atoms with Gasteiger partial charge < -0.3 is 10.4 Å². The van der Waals surface area contributed by atoms with Crippen molar-refractivity contribution in [3.8, 4) is 0 Å². The predicted octanol–water partition coefficient (Wildman–Crippen LogP) is 0.491. The van der Waals surface area contributed by atoms with E-state index >= 15 is 0 Å². The molecule has 2 fully saturated rings. The average Bonchev–Trinajstić information content (AvgIpc) is 2.63. The molecule has 0 aromatic rings. The summed E-state index contributed by atoms with van der Waals surface area (Å²) < 4.78 is 0. The first-order chi connectivity index (χ1) is 4.79. The maximum Gasteiger partial charge on any atom is 0.320 e. The SMILES string of the molecule is Cl.O=C(O)C1NCC[C@H]2C[C@@H]12. The van der Waals surface area contributed by atoms with Crippen LogP contribution < -0.4 is 5.32 Å². The van der Waals surface area contributed by atoms with Crippen LogP contribution in [0.4, 0.5) is 0 Å².